The summed E-state index contributed by atoms with van der Waals surface area (Å²) in [6, 6.07) is 3.59. The number of likely N-dealkylation sites (N-methyl/N-ethyl adjacent to an activating group) is 1. The predicted molar refractivity (Wildman–Crippen MR) is 69.9 cm³/mol. The van der Waals surface area contributed by atoms with Crippen LogP contribution in [0.2, 0.25) is 0 Å². The van der Waals surface area contributed by atoms with Gasteiger partial charge in [0.05, 0.1) is 4.92 Å². The van der Waals surface area contributed by atoms with Gasteiger partial charge in [0, 0.05) is 31.4 Å². The zero-order valence-corrected chi connectivity index (χ0v) is 10.7. The minimum absolute atomic E-state index is 0.0705. The number of pyridine rings is 1. The van der Waals surface area contributed by atoms with Gasteiger partial charge in [-0.1, -0.05) is 0 Å². The minimum atomic E-state index is -0.375. The average Bonchev–Trinajstić information content (AvgIpc) is 2.81. The number of nitro groups is 1. The maximum atomic E-state index is 11.0. The van der Waals surface area contributed by atoms with Crippen molar-refractivity contribution in [2.45, 2.75) is 25.8 Å². The standard InChI is InChI=1S/C12H18N4O2/c1-9-5-6-11(16(17)18)12(14-9)15(2)8-10-4-3-7-13-10/h5-6,10,13H,3-4,7-8H2,1-2H3. The van der Waals surface area contributed by atoms with Crippen molar-refractivity contribution < 1.29 is 4.92 Å². The summed E-state index contributed by atoms with van der Waals surface area (Å²) in [5.41, 5.74) is 0.864. The number of nitrogens with zero attached hydrogens (tertiary/aromatic N) is 3. The molecule has 1 fully saturated rings. The lowest BCUT2D eigenvalue weighted by molar-refractivity contribution is -0.384. The molecule has 1 aliphatic rings. The lowest BCUT2D eigenvalue weighted by Gasteiger charge is -2.22. The lowest BCUT2D eigenvalue weighted by atomic mass is 10.2. The number of aryl methyl sites for hydroxylation is 1. The molecule has 2 heterocycles. The number of anilines is 1. The van der Waals surface area contributed by atoms with Gasteiger partial charge in [-0.05, 0) is 32.4 Å². The van der Waals surface area contributed by atoms with E-state index in [1.807, 2.05) is 18.9 Å². The van der Waals surface area contributed by atoms with Crippen molar-refractivity contribution in [1.29, 1.82) is 0 Å². The van der Waals surface area contributed by atoms with E-state index in [0.717, 1.165) is 25.2 Å². The first-order valence-corrected chi connectivity index (χ1v) is 6.14. The Bertz CT molecular complexity index is 444. The van der Waals surface area contributed by atoms with E-state index >= 15 is 0 Å². The molecule has 0 spiro atoms. The summed E-state index contributed by atoms with van der Waals surface area (Å²) in [4.78, 5) is 16.8. The van der Waals surface area contributed by atoms with E-state index in [4.69, 9.17) is 0 Å². The van der Waals surface area contributed by atoms with Crippen molar-refractivity contribution in [3.8, 4) is 0 Å². The maximum absolute atomic E-state index is 11.0. The fourth-order valence-corrected chi connectivity index (χ4v) is 2.29. The Morgan fingerprint density at radius 3 is 3.00 bits per heavy atom. The van der Waals surface area contributed by atoms with Crippen LogP contribution in [-0.4, -0.2) is 36.1 Å². The van der Waals surface area contributed by atoms with Crippen LogP contribution in [0.15, 0.2) is 12.1 Å². The van der Waals surface area contributed by atoms with Crippen LogP contribution in [-0.2, 0) is 0 Å². The van der Waals surface area contributed by atoms with Crippen LogP contribution in [0.4, 0.5) is 11.5 Å². The summed E-state index contributed by atoms with van der Waals surface area (Å²) in [6.45, 7) is 3.62. The van der Waals surface area contributed by atoms with Crippen molar-refractivity contribution in [2.75, 3.05) is 25.0 Å². The third-order valence-corrected chi connectivity index (χ3v) is 3.21. The fourth-order valence-electron chi connectivity index (χ4n) is 2.29. The first-order chi connectivity index (χ1) is 8.58. The van der Waals surface area contributed by atoms with E-state index in [0.29, 0.717) is 11.9 Å². The van der Waals surface area contributed by atoms with E-state index < -0.39 is 0 Å². The molecular weight excluding hydrogens is 232 g/mol. The Labute approximate surface area is 106 Å². The third-order valence-electron chi connectivity index (χ3n) is 3.21. The van der Waals surface area contributed by atoms with E-state index in [1.165, 1.54) is 12.5 Å². The Morgan fingerprint density at radius 1 is 1.61 bits per heavy atom. The number of hydrogen-bond donors (Lipinski definition) is 1. The zero-order valence-electron chi connectivity index (χ0n) is 10.7. The molecule has 0 saturated carbocycles. The van der Waals surface area contributed by atoms with Gasteiger partial charge in [-0.15, -0.1) is 0 Å². The summed E-state index contributed by atoms with van der Waals surface area (Å²) >= 11 is 0. The molecule has 6 nitrogen and oxygen atoms in total. The average molecular weight is 250 g/mol. The SMILES string of the molecule is Cc1ccc([N+](=O)[O-])c(N(C)CC2CCCN2)n1. The molecule has 1 aromatic rings. The molecule has 1 atom stereocenters. The Morgan fingerprint density at radius 2 is 2.39 bits per heavy atom. The zero-order chi connectivity index (χ0) is 13.1. The number of nitrogens with one attached hydrogen (secondary N) is 1. The van der Waals surface area contributed by atoms with Crippen LogP contribution in [0, 0.1) is 17.0 Å². The molecular formula is C12H18N4O2. The molecule has 0 aromatic carbocycles. The monoisotopic (exact) mass is 250 g/mol. The van der Waals surface area contributed by atoms with Crippen LogP contribution >= 0.6 is 0 Å². The molecule has 1 N–H and O–H groups in total. The molecule has 0 amide bonds. The molecule has 0 aliphatic carbocycles. The molecule has 1 saturated heterocycles. The molecule has 1 aromatic heterocycles. The Hall–Kier alpha value is -1.69. The highest BCUT2D eigenvalue weighted by Crippen LogP contribution is 2.25. The quantitative estimate of drug-likeness (QED) is 0.647. The number of rotatable bonds is 4. The molecule has 6 heteroatoms. The van der Waals surface area contributed by atoms with Crippen LogP contribution in [0.25, 0.3) is 0 Å². The van der Waals surface area contributed by atoms with Crippen molar-refractivity contribution in [3.63, 3.8) is 0 Å². The van der Waals surface area contributed by atoms with Crippen molar-refractivity contribution >= 4 is 11.5 Å². The topological polar surface area (TPSA) is 71.3 Å². The van der Waals surface area contributed by atoms with Gasteiger partial charge in [0.1, 0.15) is 0 Å². The van der Waals surface area contributed by atoms with Gasteiger partial charge in [-0.25, -0.2) is 4.98 Å². The predicted octanol–water partition coefficient (Wildman–Crippen LogP) is 1.49. The summed E-state index contributed by atoms with van der Waals surface area (Å²) in [5.74, 6) is 0.453. The Balaban J connectivity index is 2.19. The summed E-state index contributed by atoms with van der Waals surface area (Å²) < 4.78 is 0. The molecule has 1 aliphatic heterocycles. The largest absolute Gasteiger partial charge is 0.352 e. The van der Waals surface area contributed by atoms with Gasteiger partial charge in [0.15, 0.2) is 0 Å². The highest BCUT2D eigenvalue weighted by Gasteiger charge is 2.22. The van der Waals surface area contributed by atoms with Gasteiger partial charge in [0.25, 0.3) is 0 Å². The molecule has 1 unspecified atom stereocenters. The second kappa shape index (κ2) is 5.30. The first-order valence-electron chi connectivity index (χ1n) is 6.14. The fraction of sp³-hybridized carbons (Fsp3) is 0.583. The lowest BCUT2D eigenvalue weighted by Crippen LogP contribution is -2.36. The van der Waals surface area contributed by atoms with Gasteiger partial charge in [0.2, 0.25) is 5.82 Å². The van der Waals surface area contributed by atoms with Crippen LogP contribution in [0.5, 0.6) is 0 Å². The molecule has 0 radical (unpaired) electrons. The van der Waals surface area contributed by atoms with Crippen LogP contribution in [0.1, 0.15) is 18.5 Å². The highest BCUT2D eigenvalue weighted by atomic mass is 16.6. The number of aromatic nitrogens is 1. The Kier molecular flexibility index (Phi) is 3.76. The second-order valence-corrected chi connectivity index (χ2v) is 4.73. The van der Waals surface area contributed by atoms with Crippen molar-refractivity contribution in [3.05, 3.63) is 27.9 Å². The molecule has 98 valence electrons. The molecule has 18 heavy (non-hydrogen) atoms. The van der Waals surface area contributed by atoms with Crippen molar-refractivity contribution in [2.24, 2.45) is 0 Å². The minimum Gasteiger partial charge on any atom is -0.352 e. The molecule has 0 bridgehead atoms. The van der Waals surface area contributed by atoms with E-state index in [-0.39, 0.29) is 10.6 Å². The number of hydrogen-bond acceptors (Lipinski definition) is 5. The van der Waals surface area contributed by atoms with Crippen LogP contribution in [0.3, 0.4) is 0 Å². The smallest absolute Gasteiger partial charge is 0.311 e. The van der Waals surface area contributed by atoms with Gasteiger partial charge >= 0.3 is 5.69 Å². The summed E-state index contributed by atoms with van der Waals surface area (Å²) in [6.07, 6.45) is 2.28. The highest BCUT2D eigenvalue weighted by molar-refractivity contribution is 5.57. The van der Waals surface area contributed by atoms with E-state index in [9.17, 15) is 10.1 Å². The van der Waals surface area contributed by atoms with Crippen LogP contribution < -0.4 is 10.2 Å². The van der Waals surface area contributed by atoms with Gasteiger partial charge < -0.3 is 10.2 Å². The summed E-state index contributed by atoms with van der Waals surface area (Å²) in [5, 5.41) is 14.4. The van der Waals surface area contributed by atoms with E-state index in [1.54, 1.807) is 6.07 Å². The normalized spacial score (nSPS) is 18.9. The molecule has 2 rings (SSSR count). The van der Waals surface area contributed by atoms with E-state index in [2.05, 4.69) is 10.3 Å². The first kappa shape index (κ1) is 12.8. The van der Waals surface area contributed by atoms with Gasteiger partial charge in [-0.3, -0.25) is 10.1 Å². The second-order valence-electron chi connectivity index (χ2n) is 4.73. The third kappa shape index (κ3) is 2.76. The summed E-state index contributed by atoms with van der Waals surface area (Å²) in [7, 11) is 1.86. The maximum Gasteiger partial charge on any atom is 0.311 e. The van der Waals surface area contributed by atoms with Crippen molar-refractivity contribution in [1.82, 2.24) is 10.3 Å². The van der Waals surface area contributed by atoms with Gasteiger partial charge in [-0.2, -0.15) is 0 Å².